The number of aromatic amines is 1. The van der Waals surface area contributed by atoms with Gasteiger partial charge in [-0.2, -0.15) is 18.3 Å². The molecule has 0 bridgehead atoms. The Kier molecular flexibility index (Phi) is 4.69. The first kappa shape index (κ1) is 17.9. The molecule has 1 heterocycles. The van der Waals surface area contributed by atoms with Crippen LogP contribution in [0.3, 0.4) is 0 Å². The van der Waals surface area contributed by atoms with Gasteiger partial charge in [0.1, 0.15) is 11.5 Å². The Balaban J connectivity index is 1.80. The Morgan fingerprint density at radius 2 is 1.77 bits per heavy atom. The number of halogens is 5. The van der Waals surface area contributed by atoms with Crippen molar-refractivity contribution in [1.29, 1.82) is 0 Å². The molecule has 0 atom stereocenters. The first-order valence-electron chi connectivity index (χ1n) is 7.23. The van der Waals surface area contributed by atoms with Crippen LogP contribution in [0.4, 0.5) is 23.2 Å². The second-order valence-electron chi connectivity index (χ2n) is 5.32. The summed E-state index contributed by atoms with van der Waals surface area (Å²) in [6, 6.07) is 9.93. The summed E-state index contributed by atoms with van der Waals surface area (Å²) in [6.45, 7) is 0. The van der Waals surface area contributed by atoms with Crippen molar-refractivity contribution in [2.75, 3.05) is 5.32 Å². The molecule has 1 amide bonds. The molecule has 26 heavy (non-hydrogen) atoms. The molecule has 0 saturated carbocycles. The lowest BCUT2D eigenvalue weighted by molar-refractivity contribution is -0.137. The van der Waals surface area contributed by atoms with E-state index in [4.69, 9.17) is 11.6 Å². The molecule has 0 unspecified atom stereocenters. The highest BCUT2D eigenvalue weighted by atomic mass is 35.5. The van der Waals surface area contributed by atoms with Crippen molar-refractivity contribution in [2.45, 2.75) is 6.18 Å². The lowest BCUT2D eigenvalue weighted by Crippen LogP contribution is -2.14. The zero-order chi connectivity index (χ0) is 18.9. The van der Waals surface area contributed by atoms with Crippen molar-refractivity contribution < 1.29 is 22.4 Å². The van der Waals surface area contributed by atoms with Crippen LogP contribution in [0, 0.1) is 5.82 Å². The molecule has 0 radical (unpaired) electrons. The normalized spacial score (nSPS) is 11.4. The third-order valence-corrected chi connectivity index (χ3v) is 3.82. The van der Waals surface area contributed by atoms with E-state index in [1.54, 1.807) is 0 Å². The maximum atomic E-state index is 12.9. The molecule has 0 aliphatic rings. The number of alkyl halides is 3. The monoisotopic (exact) mass is 383 g/mol. The predicted octanol–water partition coefficient (Wildman–Crippen LogP) is 5.14. The van der Waals surface area contributed by atoms with Gasteiger partial charge in [-0.1, -0.05) is 11.6 Å². The van der Waals surface area contributed by atoms with Gasteiger partial charge in [0.2, 0.25) is 0 Å². The number of aromatic nitrogens is 2. The molecule has 2 aromatic carbocycles. The van der Waals surface area contributed by atoms with E-state index in [1.165, 1.54) is 36.4 Å². The van der Waals surface area contributed by atoms with Crippen LogP contribution in [0.25, 0.3) is 11.3 Å². The average Bonchev–Trinajstić information content (AvgIpc) is 3.06. The van der Waals surface area contributed by atoms with E-state index >= 15 is 0 Å². The molecular weight excluding hydrogens is 374 g/mol. The Labute approximate surface area is 149 Å². The van der Waals surface area contributed by atoms with Crippen LogP contribution in [-0.4, -0.2) is 16.1 Å². The van der Waals surface area contributed by atoms with Gasteiger partial charge in [0.05, 0.1) is 16.3 Å². The zero-order valence-corrected chi connectivity index (χ0v) is 13.6. The molecule has 3 aromatic rings. The summed E-state index contributed by atoms with van der Waals surface area (Å²) in [4.78, 5) is 12.2. The SMILES string of the molecule is O=C(Nc1ccc(Cl)c(C(F)(F)F)c1)c1cc(-c2ccc(F)cc2)n[nH]1. The van der Waals surface area contributed by atoms with Gasteiger partial charge in [-0.05, 0) is 48.5 Å². The summed E-state index contributed by atoms with van der Waals surface area (Å²) in [5.74, 6) is -1.09. The minimum atomic E-state index is -4.64. The average molecular weight is 384 g/mol. The van der Waals surface area contributed by atoms with Gasteiger partial charge in [-0.25, -0.2) is 4.39 Å². The zero-order valence-electron chi connectivity index (χ0n) is 12.9. The van der Waals surface area contributed by atoms with Crippen LogP contribution >= 0.6 is 11.6 Å². The topological polar surface area (TPSA) is 57.8 Å². The molecule has 0 aliphatic heterocycles. The lowest BCUT2D eigenvalue weighted by atomic mass is 10.1. The van der Waals surface area contributed by atoms with Gasteiger partial charge < -0.3 is 5.32 Å². The Hall–Kier alpha value is -2.87. The molecule has 2 N–H and O–H groups in total. The fraction of sp³-hybridized carbons (Fsp3) is 0.0588. The maximum absolute atomic E-state index is 12.9. The summed E-state index contributed by atoms with van der Waals surface area (Å²) in [5, 5.41) is 8.31. The number of hydrogen-bond donors (Lipinski definition) is 2. The minimum Gasteiger partial charge on any atom is -0.321 e. The fourth-order valence-corrected chi connectivity index (χ4v) is 2.45. The number of benzene rings is 2. The van der Waals surface area contributed by atoms with E-state index in [9.17, 15) is 22.4 Å². The lowest BCUT2D eigenvalue weighted by Gasteiger charge is -2.11. The standard InChI is InChI=1S/C17H10ClF4N3O/c18-13-6-5-11(7-12(13)17(20,21)22)23-16(26)15-8-14(24-25-15)9-1-3-10(19)4-2-9/h1-8H,(H,23,26)(H,24,25). The molecule has 0 fully saturated rings. The van der Waals surface area contributed by atoms with Crippen molar-refractivity contribution in [3.8, 4) is 11.3 Å². The van der Waals surface area contributed by atoms with E-state index < -0.39 is 28.5 Å². The number of nitrogens with zero attached hydrogens (tertiary/aromatic N) is 1. The summed E-state index contributed by atoms with van der Waals surface area (Å²) in [6.07, 6.45) is -4.64. The molecule has 3 rings (SSSR count). The smallest absolute Gasteiger partial charge is 0.321 e. The van der Waals surface area contributed by atoms with Gasteiger partial charge in [-0.15, -0.1) is 0 Å². The van der Waals surface area contributed by atoms with E-state index in [-0.39, 0.29) is 11.4 Å². The van der Waals surface area contributed by atoms with Crippen molar-refractivity contribution in [3.05, 3.63) is 70.6 Å². The Morgan fingerprint density at radius 3 is 2.42 bits per heavy atom. The van der Waals surface area contributed by atoms with Crippen LogP contribution in [-0.2, 0) is 6.18 Å². The summed E-state index contributed by atoms with van der Waals surface area (Å²) in [7, 11) is 0. The largest absolute Gasteiger partial charge is 0.417 e. The van der Waals surface area contributed by atoms with Crippen molar-refractivity contribution in [2.24, 2.45) is 0 Å². The second-order valence-corrected chi connectivity index (χ2v) is 5.73. The second kappa shape index (κ2) is 6.80. The third kappa shape index (κ3) is 3.85. The fourth-order valence-electron chi connectivity index (χ4n) is 2.23. The maximum Gasteiger partial charge on any atom is 0.417 e. The van der Waals surface area contributed by atoms with Gasteiger partial charge in [0, 0.05) is 11.3 Å². The molecule has 1 aromatic heterocycles. The van der Waals surface area contributed by atoms with Gasteiger partial charge >= 0.3 is 6.18 Å². The van der Waals surface area contributed by atoms with Gasteiger partial charge in [-0.3, -0.25) is 9.89 Å². The highest BCUT2D eigenvalue weighted by molar-refractivity contribution is 6.31. The van der Waals surface area contributed by atoms with E-state index in [2.05, 4.69) is 15.5 Å². The number of hydrogen-bond acceptors (Lipinski definition) is 2. The Bertz CT molecular complexity index is 951. The van der Waals surface area contributed by atoms with E-state index in [0.29, 0.717) is 11.3 Å². The molecule has 134 valence electrons. The van der Waals surface area contributed by atoms with E-state index in [0.717, 1.165) is 12.1 Å². The van der Waals surface area contributed by atoms with Crippen LogP contribution in [0.1, 0.15) is 16.1 Å². The molecule has 0 saturated heterocycles. The number of carbonyl (C=O) groups excluding carboxylic acids is 1. The molecule has 0 aliphatic carbocycles. The number of amides is 1. The van der Waals surface area contributed by atoms with Crippen molar-refractivity contribution in [3.63, 3.8) is 0 Å². The first-order valence-corrected chi connectivity index (χ1v) is 7.61. The summed E-state index contributed by atoms with van der Waals surface area (Å²) >= 11 is 5.54. The highest BCUT2D eigenvalue weighted by Gasteiger charge is 2.33. The number of anilines is 1. The molecule has 4 nitrogen and oxygen atoms in total. The highest BCUT2D eigenvalue weighted by Crippen LogP contribution is 2.36. The number of rotatable bonds is 3. The van der Waals surface area contributed by atoms with Crippen molar-refractivity contribution >= 4 is 23.2 Å². The third-order valence-electron chi connectivity index (χ3n) is 3.49. The summed E-state index contributed by atoms with van der Waals surface area (Å²) in [5.41, 5.74) is -0.110. The van der Waals surface area contributed by atoms with Gasteiger partial charge in [0.25, 0.3) is 5.91 Å². The molecule has 0 spiro atoms. The van der Waals surface area contributed by atoms with Crippen LogP contribution < -0.4 is 5.32 Å². The van der Waals surface area contributed by atoms with E-state index in [1.807, 2.05) is 0 Å². The number of carbonyl (C=O) groups is 1. The van der Waals surface area contributed by atoms with Crippen molar-refractivity contribution in [1.82, 2.24) is 10.2 Å². The first-order chi connectivity index (χ1) is 12.2. The predicted molar refractivity (Wildman–Crippen MR) is 88.4 cm³/mol. The minimum absolute atomic E-state index is 0.0350. The molecular formula is C17H10ClF4N3O. The van der Waals surface area contributed by atoms with Crippen LogP contribution in [0.5, 0.6) is 0 Å². The summed E-state index contributed by atoms with van der Waals surface area (Å²) < 4.78 is 51.5. The van der Waals surface area contributed by atoms with Crippen LogP contribution in [0.15, 0.2) is 48.5 Å². The number of nitrogens with one attached hydrogen (secondary N) is 2. The van der Waals surface area contributed by atoms with Crippen LogP contribution in [0.2, 0.25) is 5.02 Å². The van der Waals surface area contributed by atoms with Gasteiger partial charge in [0.15, 0.2) is 0 Å². The quantitative estimate of drug-likeness (QED) is 0.615. The number of H-pyrrole nitrogens is 1. The molecule has 9 heteroatoms. The Morgan fingerprint density at radius 1 is 1.08 bits per heavy atom.